The van der Waals surface area contributed by atoms with E-state index in [-0.39, 0.29) is 28.3 Å². The molecule has 0 aliphatic heterocycles. The summed E-state index contributed by atoms with van der Waals surface area (Å²) in [7, 11) is 0. The van der Waals surface area contributed by atoms with Gasteiger partial charge in [0.05, 0.1) is 0 Å². The summed E-state index contributed by atoms with van der Waals surface area (Å²) in [4.78, 5) is 13.2. The highest BCUT2D eigenvalue weighted by Crippen LogP contribution is 2.77. The molecule has 0 aromatic carbocycles. The fourth-order valence-corrected chi connectivity index (χ4v) is 14.2. The Bertz CT molecular complexity index is 1110. The molecule has 3 heteroatoms. The molecule has 0 radical (unpaired) electrons. The van der Waals surface area contributed by atoms with Crippen LogP contribution in [0.5, 0.6) is 0 Å². The molecule has 5 saturated carbocycles. The Balaban J connectivity index is 1.12. The van der Waals surface area contributed by atoms with E-state index in [2.05, 4.69) is 55.0 Å². The van der Waals surface area contributed by atoms with Crippen LogP contribution in [0, 0.1) is 56.7 Å². The van der Waals surface area contributed by atoms with E-state index in [1.54, 1.807) is 0 Å². The highest BCUT2D eigenvalue weighted by molar-refractivity contribution is 5.69. The van der Waals surface area contributed by atoms with Crippen LogP contribution < -0.4 is 0 Å². The fourth-order valence-electron chi connectivity index (χ4n) is 14.2. The summed E-state index contributed by atoms with van der Waals surface area (Å²) >= 11 is 0. The Labute approximate surface area is 304 Å². The van der Waals surface area contributed by atoms with Crippen LogP contribution in [0.25, 0.3) is 0 Å². The molecule has 5 rings (SSSR count). The third-order valence-corrected chi connectivity index (χ3v) is 17.3. The predicted octanol–water partition coefficient (Wildman–Crippen LogP) is 13.0. The molecule has 0 aromatic heterocycles. The maximum Gasteiger partial charge on any atom is 0.306 e. The summed E-state index contributed by atoms with van der Waals surface area (Å²) in [5.41, 5.74) is 2.40. The van der Waals surface area contributed by atoms with Gasteiger partial charge in [0, 0.05) is 18.4 Å². The van der Waals surface area contributed by atoms with Crippen molar-refractivity contribution in [3.8, 4) is 0 Å². The lowest BCUT2D eigenvalue weighted by Crippen LogP contribution is -2.67. The molecule has 5 fully saturated rings. The van der Waals surface area contributed by atoms with E-state index in [0.29, 0.717) is 53.4 Å². The van der Waals surface area contributed by atoms with Crippen molar-refractivity contribution in [1.82, 2.24) is 0 Å². The molecule has 0 aromatic rings. The maximum absolute atomic E-state index is 13.2. The quantitative estimate of drug-likeness (QED) is 0.0945. The maximum atomic E-state index is 13.2. The zero-order chi connectivity index (χ0) is 35.5. The van der Waals surface area contributed by atoms with Crippen molar-refractivity contribution >= 4 is 5.97 Å². The first-order valence-electron chi connectivity index (χ1n) is 21.8. The number of carbonyl (C=O) groups excluding carboxylic acids is 1. The SMILES string of the molecule is C=C(C)[C@@H]1CC[C@]2(CO)CC[C@]3(C)C(CCC4[C@@]5(C)CC[C@H](OC(=O)CCCCCCCCCCCCCCC)C(C)(C)C5CC[C@]43C)C12. The van der Waals surface area contributed by atoms with Gasteiger partial charge in [-0.1, -0.05) is 131 Å². The molecule has 5 aliphatic rings. The van der Waals surface area contributed by atoms with Crippen molar-refractivity contribution < 1.29 is 14.6 Å². The van der Waals surface area contributed by atoms with Crippen LogP contribution >= 0.6 is 0 Å². The summed E-state index contributed by atoms with van der Waals surface area (Å²) in [6.07, 6.45) is 30.2. The van der Waals surface area contributed by atoms with Gasteiger partial charge >= 0.3 is 5.97 Å². The van der Waals surface area contributed by atoms with Crippen LogP contribution in [-0.2, 0) is 9.53 Å². The Morgan fingerprint density at radius 3 is 1.90 bits per heavy atom. The third-order valence-electron chi connectivity index (χ3n) is 17.3. The standard InChI is InChI=1S/C46H80O3/c1-9-10-11-12-13-14-15-16-17-18-19-20-21-22-40(48)49-39-27-28-43(6)37(42(39,4)5)26-29-45(8)38(43)24-23-36-41-35(34(2)3)25-30-46(41,33-47)32-31-44(36,45)7/h35-39,41,47H,2,9-33H2,1,3-8H3/t35-,36?,37?,38?,39-,41?,43-,44+,45+,46+/m0/s1. The molecule has 5 aliphatic carbocycles. The summed E-state index contributed by atoms with van der Waals surface area (Å²) in [5, 5.41) is 10.8. The fraction of sp³-hybridized carbons (Fsp3) is 0.935. The van der Waals surface area contributed by atoms with E-state index in [1.165, 1.54) is 134 Å². The monoisotopic (exact) mass is 681 g/mol. The number of fused-ring (bicyclic) bond motifs is 7. The highest BCUT2D eigenvalue weighted by Gasteiger charge is 2.71. The number of esters is 1. The van der Waals surface area contributed by atoms with Crippen LogP contribution in [0.4, 0.5) is 0 Å². The first kappa shape index (κ1) is 39.4. The largest absolute Gasteiger partial charge is 0.462 e. The molecule has 0 saturated heterocycles. The van der Waals surface area contributed by atoms with Gasteiger partial charge in [0.25, 0.3) is 0 Å². The topological polar surface area (TPSA) is 46.5 Å². The molecule has 4 unspecified atom stereocenters. The molecule has 0 heterocycles. The van der Waals surface area contributed by atoms with Gasteiger partial charge < -0.3 is 9.84 Å². The lowest BCUT2D eigenvalue weighted by molar-refractivity contribution is -0.251. The minimum absolute atomic E-state index is 0.00680. The second kappa shape index (κ2) is 16.0. The zero-order valence-electron chi connectivity index (χ0n) is 33.6. The van der Waals surface area contributed by atoms with Crippen molar-refractivity contribution in [3.63, 3.8) is 0 Å². The highest BCUT2D eigenvalue weighted by atomic mass is 16.5. The number of allylic oxidation sites excluding steroid dienone is 1. The van der Waals surface area contributed by atoms with E-state index in [4.69, 9.17) is 4.74 Å². The van der Waals surface area contributed by atoms with Crippen LogP contribution in [0.2, 0.25) is 0 Å². The first-order valence-corrected chi connectivity index (χ1v) is 21.8. The number of rotatable bonds is 17. The molecule has 0 amide bonds. The lowest BCUT2D eigenvalue weighted by Gasteiger charge is -2.73. The van der Waals surface area contributed by atoms with Crippen LogP contribution in [-0.4, -0.2) is 23.8 Å². The average Bonchev–Trinajstić information content (AvgIpc) is 3.45. The summed E-state index contributed by atoms with van der Waals surface area (Å²) in [6.45, 7) is 22.3. The van der Waals surface area contributed by atoms with Crippen LogP contribution in [0.1, 0.15) is 203 Å². The first-order chi connectivity index (χ1) is 23.3. The molecule has 0 spiro atoms. The summed E-state index contributed by atoms with van der Waals surface area (Å²) in [5.74, 6) is 3.22. The molecule has 3 nitrogen and oxygen atoms in total. The van der Waals surface area contributed by atoms with Crippen molar-refractivity contribution in [1.29, 1.82) is 0 Å². The Morgan fingerprint density at radius 2 is 1.31 bits per heavy atom. The van der Waals surface area contributed by atoms with Gasteiger partial charge in [0.15, 0.2) is 0 Å². The molecule has 49 heavy (non-hydrogen) atoms. The van der Waals surface area contributed by atoms with Crippen molar-refractivity contribution in [2.75, 3.05) is 6.61 Å². The number of aliphatic hydroxyl groups is 1. The molecule has 10 atom stereocenters. The van der Waals surface area contributed by atoms with E-state index in [1.807, 2.05) is 0 Å². The Morgan fingerprint density at radius 1 is 0.694 bits per heavy atom. The minimum Gasteiger partial charge on any atom is -0.462 e. The number of hydrogen-bond donors (Lipinski definition) is 1. The van der Waals surface area contributed by atoms with Gasteiger partial charge in [-0.2, -0.15) is 0 Å². The minimum atomic E-state index is 0.00680. The van der Waals surface area contributed by atoms with E-state index >= 15 is 0 Å². The lowest BCUT2D eigenvalue weighted by atomic mass is 9.32. The Hall–Kier alpha value is -0.830. The van der Waals surface area contributed by atoms with Gasteiger partial charge in [0.2, 0.25) is 0 Å². The molecule has 282 valence electrons. The second-order valence-electron chi connectivity index (χ2n) is 20.0. The Kier molecular flexibility index (Phi) is 12.9. The van der Waals surface area contributed by atoms with Crippen LogP contribution in [0.3, 0.4) is 0 Å². The van der Waals surface area contributed by atoms with E-state index < -0.39 is 0 Å². The van der Waals surface area contributed by atoms with Gasteiger partial charge in [-0.25, -0.2) is 0 Å². The van der Waals surface area contributed by atoms with E-state index in [9.17, 15) is 9.90 Å². The van der Waals surface area contributed by atoms with Gasteiger partial charge in [0.1, 0.15) is 6.10 Å². The van der Waals surface area contributed by atoms with Gasteiger partial charge in [-0.05, 0) is 129 Å². The number of unbranched alkanes of at least 4 members (excludes halogenated alkanes) is 12. The number of aliphatic hydroxyl groups excluding tert-OH is 1. The van der Waals surface area contributed by atoms with E-state index in [0.717, 1.165) is 19.3 Å². The predicted molar refractivity (Wildman–Crippen MR) is 206 cm³/mol. The third kappa shape index (κ3) is 7.38. The van der Waals surface area contributed by atoms with Crippen molar-refractivity contribution in [3.05, 3.63) is 12.2 Å². The molecular weight excluding hydrogens is 601 g/mol. The summed E-state index contributed by atoms with van der Waals surface area (Å²) < 4.78 is 6.41. The molecule has 1 N–H and O–H groups in total. The van der Waals surface area contributed by atoms with Crippen molar-refractivity contribution in [2.24, 2.45) is 56.7 Å². The second-order valence-corrected chi connectivity index (χ2v) is 20.0. The summed E-state index contributed by atoms with van der Waals surface area (Å²) in [6, 6.07) is 0. The van der Waals surface area contributed by atoms with Gasteiger partial charge in [-0.15, -0.1) is 0 Å². The zero-order valence-corrected chi connectivity index (χ0v) is 33.6. The molecule has 0 bridgehead atoms. The van der Waals surface area contributed by atoms with Gasteiger partial charge in [-0.3, -0.25) is 4.79 Å². The van der Waals surface area contributed by atoms with Crippen molar-refractivity contribution in [2.45, 2.75) is 209 Å². The smallest absolute Gasteiger partial charge is 0.306 e. The number of ether oxygens (including phenoxy) is 1. The van der Waals surface area contributed by atoms with Crippen LogP contribution in [0.15, 0.2) is 12.2 Å². The normalized spacial score (nSPS) is 40.9. The molecular formula is C46H80O3. The average molecular weight is 681 g/mol. The number of carbonyl (C=O) groups is 1. The number of hydrogen-bond acceptors (Lipinski definition) is 3.